The Hall–Kier alpha value is -2.14. The second-order valence-electron chi connectivity index (χ2n) is 8.68. The van der Waals surface area contributed by atoms with Crippen LogP contribution in [0.1, 0.15) is 77.9 Å². The summed E-state index contributed by atoms with van der Waals surface area (Å²) in [6.07, 6.45) is 2.19. The second-order valence-corrected chi connectivity index (χ2v) is 9.24. The van der Waals surface area contributed by atoms with Crippen molar-refractivity contribution >= 4 is 27.9 Å². The van der Waals surface area contributed by atoms with E-state index < -0.39 is 11.9 Å². The van der Waals surface area contributed by atoms with Crippen molar-refractivity contribution in [3.63, 3.8) is 0 Å². The largest absolute Gasteiger partial charge is 0.478 e. The molecule has 1 N–H and O–H groups in total. The van der Waals surface area contributed by atoms with Crippen LogP contribution < -0.4 is 4.74 Å². The van der Waals surface area contributed by atoms with E-state index in [9.17, 15) is 9.59 Å². The van der Waals surface area contributed by atoms with Gasteiger partial charge in [0.15, 0.2) is 0 Å². The normalized spacial score (nSPS) is 16.9. The first-order chi connectivity index (χ1) is 13.0. The van der Waals surface area contributed by atoms with Crippen LogP contribution >= 0.6 is 15.9 Å². The van der Waals surface area contributed by atoms with Gasteiger partial charge in [0.1, 0.15) is 5.75 Å². The Labute approximate surface area is 174 Å². The fourth-order valence-corrected chi connectivity index (χ4v) is 4.18. The van der Waals surface area contributed by atoms with E-state index in [0.29, 0.717) is 16.6 Å². The highest BCUT2D eigenvalue weighted by molar-refractivity contribution is 9.08. The standard InChI is InChI=1S/C23H25BrO4/c1-22(2)9-10-23(3,4)18-12-19(16(13-24)11-17(18)22)28-21(27)15-7-5-14(6-8-15)20(25)26/h5-8,11-12H,9-10,13H2,1-4H3,(H,25,26). The lowest BCUT2D eigenvalue weighted by Gasteiger charge is -2.42. The van der Waals surface area contributed by atoms with Crippen molar-refractivity contribution in [2.75, 3.05) is 0 Å². The van der Waals surface area contributed by atoms with Crippen LogP contribution in [0.2, 0.25) is 0 Å². The molecule has 0 unspecified atom stereocenters. The summed E-state index contributed by atoms with van der Waals surface area (Å²) in [6.45, 7) is 8.97. The third-order valence-electron chi connectivity index (χ3n) is 5.75. The van der Waals surface area contributed by atoms with E-state index in [-0.39, 0.29) is 16.4 Å². The van der Waals surface area contributed by atoms with Crippen molar-refractivity contribution in [3.05, 3.63) is 64.2 Å². The number of esters is 1. The number of aromatic carboxylic acids is 1. The van der Waals surface area contributed by atoms with Crippen LogP contribution in [0.5, 0.6) is 5.75 Å². The van der Waals surface area contributed by atoms with Gasteiger partial charge >= 0.3 is 11.9 Å². The molecule has 0 heterocycles. The molecule has 0 saturated heterocycles. The number of alkyl halides is 1. The fraction of sp³-hybridized carbons (Fsp3) is 0.391. The number of hydrogen-bond acceptors (Lipinski definition) is 3. The molecule has 1 aliphatic carbocycles. The molecule has 0 aromatic heterocycles. The van der Waals surface area contributed by atoms with Gasteiger partial charge in [-0.25, -0.2) is 9.59 Å². The molecule has 0 spiro atoms. The zero-order chi connectivity index (χ0) is 20.7. The Balaban J connectivity index is 1.98. The number of carbonyl (C=O) groups is 2. The number of rotatable bonds is 4. The average Bonchev–Trinajstić information content (AvgIpc) is 2.65. The summed E-state index contributed by atoms with van der Waals surface area (Å²) in [5.74, 6) is -0.971. The molecular formula is C23H25BrO4. The first kappa shape index (κ1) is 20.6. The van der Waals surface area contributed by atoms with E-state index >= 15 is 0 Å². The molecule has 148 valence electrons. The minimum atomic E-state index is -1.03. The number of halogens is 1. The van der Waals surface area contributed by atoms with Gasteiger partial charge in [0.2, 0.25) is 0 Å². The molecule has 2 aromatic rings. The third kappa shape index (κ3) is 3.86. The van der Waals surface area contributed by atoms with Crippen LogP contribution in [0, 0.1) is 0 Å². The van der Waals surface area contributed by atoms with Gasteiger partial charge in [-0.3, -0.25) is 0 Å². The number of fused-ring (bicyclic) bond motifs is 1. The minimum absolute atomic E-state index is 0.0139. The maximum atomic E-state index is 12.6. The molecule has 1 aliphatic rings. The molecule has 0 fully saturated rings. The van der Waals surface area contributed by atoms with Crippen LogP contribution in [0.3, 0.4) is 0 Å². The van der Waals surface area contributed by atoms with Gasteiger partial charge in [-0.05, 0) is 65.1 Å². The van der Waals surface area contributed by atoms with E-state index in [1.54, 1.807) is 0 Å². The van der Waals surface area contributed by atoms with Gasteiger partial charge in [0.25, 0.3) is 0 Å². The summed E-state index contributed by atoms with van der Waals surface area (Å²) in [6, 6.07) is 9.93. The molecule has 5 heteroatoms. The lowest BCUT2D eigenvalue weighted by atomic mass is 9.63. The first-order valence-electron chi connectivity index (χ1n) is 9.34. The lowest BCUT2D eigenvalue weighted by Crippen LogP contribution is -2.34. The molecular weight excluding hydrogens is 420 g/mol. The van der Waals surface area contributed by atoms with Crippen LogP contribution in [0.4, 0.5) is 0 Å². The number of carboxylic acid groups (broad SMARTS) is 1. The zero-order valence-electron chi connectivity index (χ0n) is 16.6. The van der Waals surface area contributed by atoms with Crippen molar-refractivity contribution in [2.45, 2.75) is 56.7 Å². The number of carboxylic acids is 1. The number of hydrogen-bond donors (Lipinski definition) is 1. The maximum absolute atomic E-state index is 12.6. The van der Waals surface area contributed by atoms with Crippen LogP contribution in [-0.4, -0.2) is 17.0 Å². The van der Waals surface area contributed by atoms with Gasteiger partial charge in [-0.1, -0.05) is 49.7 Å². The van der Waals surface area contributed by atoms with Gasteiger partial charge < -0.3 is 9.84 Å². The van der Waals surface area contributed by atoms with Crippen molar-refractivity contribution in [2.24, 2.45) is 0 Å². The minimum Gasteiger partial charge on any atom is -0.478 e. The smallest absolute Gasteiger partial charge is 0.343 e. The summed E-state index contributed by atoms with van der Waals surface area (Å²) in [4.78, 5) is 23.6. The Morgan fingerprint density at radius 1 is 0.964 bits per heavy atom. The third-order valence-corrected chi connectivity index (χ3v) is 6.35. The Kier molecular flexibility index (Phi) is 5.41. The predicted molar refractivity (Wildman–Crippen MR) is 113 cm³/mol. The van der Waals surface area contributed by atoms with Crippen LogP contribution in [0.25, 0.3) is 0 Å². The molecule has 3 rings (SSSR count). The molecule has 0 aliphatic heterocycles. The summed E-state index contributed by atoms with van der Waals surface area (Å²) >= 11 is 3.52. The lowest BCUT2D eigenvalue weighted by molar-refractivity contribution is 0.0691. The predicted octanol–water partition coefficient (Wildman–Crippen LogP) is 5.85. The summed E-state index contributed by atoms with van der Waals surface area (Å²) < 4.78 is 5.73. The quantitative estimate of drug-likeness (QED) is 0.365. The molecule has 2 aromatic carbocycles. The van der Waals surface area contributed by atoms with Gasteiger partial charge in [0, 0.05) is 10.9 Å². The van der Waals surface area contributed by atoms with Crippen molar-refractivity contribution in [1.82, 2.24) is 0 Å². The van der Waals surface area contributed by atoms with E-state index in [4.69, 9.17) is 9.84 Å². The fourth-order valence-electron chi connectivity index (χ4n) is 3.75. The van der Waals surface area contributed by atoms with E-state index in [1.165, 1.54) is 35.4 Å². The van der Waals surface area contributed by atoms with Crippen molar-refractivity contribution in [1.29, 1.82) is 0 Å². The van der Waals surface area contributed by atoms with E-state index in [2.05, 4.69) is 49.7 Å². The van der Waals surface area contributed by atoms with E-state index in [0.717, 1.165) is 18.4 Å². The molecule has 28 heavy (non-hydrogen) atoms. The highest BCUT2D eigenvalue weighted by Crippen LogP contribution is 2.48. The second kappa shape index (κ2) is 7.36. The molecule has 0 atom stereocenters. The molecule has 0 saturated carbocycles. The number of carbonyl (C=O) groups excluding carboxylic acids is 1. The Bertz CT molecular complexity index is 926. The topological polar surface area (TPSA) is 63.6 Å². The summed E-state index contributed by atoms with van der Waals surface area (Å²) in [5, 5.41) is 9.58. The molecule has 0 amide bonds. The highest BCUT2D eigenvalue weighted by atomic mass is 79.9. The van der Waals surface area contributed by atoms with Crippen LogP contribution in [-0.2, 0) is 16.2 Å². The maximum Gasteiger partial charge on any atom is 0.343 e. The monoisotopic (exact) mass is 444 g/mol. The Morgan fingerprint density at radius 2 is 1.46 bits per heavy atom. The van der Waals surface area contributed by atoms with Gasteiger partial charge in [-0.2, -0.15) is 0 Å². The molecule has 0 bridgehead atoms. The molecule has 0 radical (unpaired) electrons. The summed E-state index contributed by atoms with van der Waals surface area (Å²) in [5.41, 5.74) is 4.01. The highest BCUT2D eigenvalue weighted by Gasteiger charge is 2.38. The number of ether oxygens (including phenoxy) is 1. The van der Waals surface area contributed by atoms with Crippen LogP contribution in [0.15, 0.2) is 36.4 Å². The SMILES string of the molecule is CC1(C)CCC(C)(C)c2cc(OC(=O)c3ccc(C(=O)O)cc3)c(CBr)cc21. The summed E-state index contributed by atoms with van der Waals surface area (Å²) in [7, 11) is 0. The van der Waals surface area contributed by atoms with Crippen molar-refractivity contribution in [3.8, 4) is 5.75 Å². The van der Waals surface area contributed by atoms with Gasteiger partial charge in [-0.15, -0.1) is 0 Å². The van der Waals surface area contributed by atoms with Crippen molar-refractivity contribution < 1.29 is 19.4 Å². The Morgan fingerprint density at radius 3 is 1.96 bits per heavy atom. The van der Waals surface area contributed by atoms with E-state index in [1.807, 2.05) is 6.07 Å². The average molecular weight is 445 g/mol. The van der Waals surface area contributed by atoms with Gasteiger partial charge in [0.05, 0.1) is 11.1 Å². The molecule has 4 nitrogen and oxygen atoms in total. The zero-order valence-corrected chi connectivity index (χ0v) is 18.2. The first-order valence-corrected chi connectivity index (χ1v) is 10.5. The number of benzene rings is 2.